The van der Waals surface area contributed by atoms with E-state index in [9.17, 15) is 14.7 Å². The largest absolute Gasteiger partial charge is 0.389 e. The molecule has 1 N–H and O–H groups in total. The first-order chi connectivity index (χ1) is 13.9. The number of hydrogen-bond donors (Lipinski definition) is 1. The van der Waals surface area contributed by atoms with Crippen LogP contribution in [0.2, 0.25) is 0 Å². The number of fused-ring (bicyclic) bond motifs is 5. The van der Waals surface area contributed by atoms with Gasteiger partial charge in [-0.2, -0.15) is 0 Å². The number of Topliss-reactive ketones (excluding diaryl/α,β-unsaturated/α-hetero) is 2. The van der Waals surface area contributed by atoms with Crippen molar-refractivity contribution < 1.29 is 24.3 Å². The number of aliphatic hydroxyl groups is 1. The van der Waals surface area contributed by atoms with E-state index in [-0.39, 0.29) is 30.6 Å². The number of hydrogen-bond acceptors (Lipinski definition) is 3. The van der Waals surface area contributed by atoms with Gasteiger partial charge < -0.3 is 5.11 Å². The van der Waals surface area contributed by atoms with Gasteiger partial charge in [-0.15, -0.1) is 0 Å². The van der Waals surface area contributed by atoms with Gasteiger partial charge in [0.05, 0.1) is 2.74 Å². The van der Waals surface area contributed by atoms with E-state index < -0.39 is 53.5 Å². The highest BCUT2D eigenvalue weighted by molar-refractivity contribution is 5.83. The minimum Gasteiger partial charge on any atom is -0.389 e. The van der Waals surface area contributed by atoms with E-state index in [0.29, 0.717) is 32.1 Å². The number of carbonyl (C=O) groups excluding carboxylic acids is 2. The molecule has 0 unspecified atom stereocenters. The normalized spacial score (nSPS) is 63.0. The Kier molecular flexibility index (Phi) is 2.46. The molecule has 0 radical (unpaired) electrons. The highest BCUT2D eigenvalue weighted by Crippen LogP contribution is 2.67. The van der Waals surface area contributed by atoms with Gasteiger partial charge in [-0.05, 0) is 79.4 Å². The molecule has 4 aliphatic carbocycles. The van der Waals surface area contributed by atoms with Gasteiger partial charge in [-0.3, -0.25) is 9.59 Å². The van der Waals surface area contributed by atoms with E-state index in [1.165, 1.54) is 0 Å². The Morgan fingerprint density at radius 2 is 1.96 bits per heavy atom. The third kappa shape index (κ3) is 2.19. The summed E-state index contributed by atoms with van der Waals surface area (Å²) in [6, 6.07) is 0. The summed E-state index contributed by atoms with van der Waals surface area (Å²) in [5.41, 5.74) is -1.50. The zero-order valence-electron chi connectivity index (χ0n) is 21.5. The van der Waals surface area contributed by atoms with E-state index >= 15 is 0 Å². The highest BCUT2D eigenvalue weighted by atomic mass is 16.3. The van der Waals surface area contributed by atoms with Crippen molar-refractivity contribution in [2.24, 2.45) is 40.4 Å². The Bertz CT molecular complexity index is 824. The topological polar surface area (TPSA) is 54.4 Å². The number of rotatable bonds is 2. The maximum absolute atomic E-state index is 12.8. The monoisotopic (exact) mass is 339 g/mol. The van der Waals surface area contributed by atoms with Gasteiger partial charge in [0, 0.05) is 25.5 Å². The van der Waals surface area contributed by atoms with Crippen LogP contribution in [-0.2, 0) is 9.59 Å². The molecule has 4 aliphatic rings. The third-order valence-electron chi connectivity index (χ3n) is 7.96. The lowest BCUT2D eigenvalue weighted by Crippen LogP contribution is -2.54. The van der Waals surface area contributed by atoms with Crippen molar-refractivity contribution in [1.29, 1.82) is 0 Å². The van der Waals surface area contributed by atoms with Crippen molar-refractivity contribution in [3.8, 4) is 0 Å². The molecule has 7 atom stereocenters. The van der Waals surface area contributed by atoms with Gasteiger partial charge in [0.25, 0.3) is 0 Å². The van der Waals surface area contributed by atoms with Crippen LogP contribution in [0.5, 0.6) is 0 Å². The molecule has 4 fully saturated rings. The smallest absolute Gasteiger partial charge is 0.161 e. The second-order valence-electron chi connectivity index (χ2n) is 8.75. The first-order valence-corrected chi connectivity index (χ1v) is 9.25. The van der Waals surface area contributed by atoms with Gasteiger partial charge >= 0.3 is 0 Å². The molecule has 4 rings (SSSR count). The third-order valence-corrected chi connectivity index (χ3v) is 7.96. The van der Waals surface area contributed by atoms with Crippen LogP contribution in [0, 0.1) is 40.4 Å². The van der Waals surface area contributed by atoms with Gasteiger partial charge in [0.15, 0.2) is 5.78 Å². The Labute approximate surface area is 155 Å². The summed E-state index contributed by atoms with van der Waals surface area (Å²) < 4.78 is 57.3. The van der Waals surface area contributed by atoms with Crippen LogP contribution in [0.3, 0.4) is 0 Å². The summed E-state index contributed by atoms with van der Waals surface area (Å²) in [6.45, 7) is 0.713. The van der Waals surface area contributed by atoms with Crippen LogP contribution in [0.1, 0.15) is 81.1 Å². The zero-order valence-corrected chi connectivity index (χ0v) is 14.5. The number of carbonyl (C=O) groups is 2. The molecule has 3 nitrogen and oxygen atoms in total. The standard InChI is InChI=1S/C21H32O3/c1-20-9-7-14(23)11-13(20)3-4-15-16-5-6-18(19(24)12-22)21(16,2)10-8-17(15)20/h13,15-18,22H,3-12H2,1-2H3/t13-,15-,16-,17-,18+,20-,21-/m0/s1/i7D2,11D2,12D2,18D. The Morgan fingerprint density at radius 3 is 2.71 bits per heavy atom. The fourth-order valence-corrected chi connectivity index (χ4v) is 6.68. The summed E-state index contributed by atoms with van der Waals surface area (Å²) in [7, 11) is 0. The van der Waals surface area contributed by atoms with Crippen LogP contribution >= 0.6 is 0 Å². The average molecular weight is 340 g/mol. The zero-order chi connectivity index (χ0) is 23.4. The van der Waals surface area contributed by atoms with Gasteiger partial charge in [0.1, 0.15) is 12.3 Å². The van der Waals surface area contributed by atoms with Crippen molar-refractivity contribution in [1.82, 2.24) is 0 Å². The minimum atomic E-state index is -3.06. The van der Waals surface area contributed by atoms with E-state index in [0.717, 1.165) is 0 Å². The molecule has 4 saturated carbocycles. The lowest BCUT2D eigenvalue weighted by molar-refractivity contribution is -0.144. The van der Waals surface area contributed by atoms with Crippen molar-refractivity contribution >= 4 is 11.6 Å². The molecule has 0 aliphatic heterocycles. The van der Waals surface area contributed by atoms with Crippen LogP contribution in [0.4, 0.5) is 0 Å². The summed E-state index contributed by atoms with van der Waals surface area (Å²) >= 11 is 0. The Morgan fingerprint density at radius 1 is 1.21 bits per heavy atom. The first-order valence-electron chi connectivity index (χ1n) is 12.8. The predicted molar refractivity (Wildman–Crippen MR) is 92.3 cm³/mol. The van der Waals surface area contributed by atoms with Crippen molar-refractivity contribution in [3.63, 3.8) is 0 Å². The highest BCUT2D eigenvalue weighted by Gasteiger charge is 2.60. The van der Waals surface area contributed by atoms with Crippen LogP contribution < -0.4 is 0 Å². The van der Waals surface area contributed by atoms with Crippen LogP contribution in [-0.4, -0.2) is 23.2 Å². The summed E-state index contributed by atoms with van der Waals surface area (Å²) in [5, 5.41) is 9.73. The molecular formula is C21H32O3. The van der Waals surface area contributed by atoms with E-state index in [2.05, 4.69) is 0 Å². The molecule has 0 bridgehead atoms. The molecule has 3 heteroatoms. The summed E-state index contributed by atoms with van der Waals surface area (Å²) in [4.78, 5) is 25.3. The Hall–Kier alpha value is -0.700. The summed E-state index contributed by atoms with van der Waals surface area (Å²) in [6.07, 6.45) is -1.58. The first kappa shape index (κ1) is 10.4. The fraction of sp³-hybridized carbons (Fsp3) is 0.905. The molecule has 0 amide bonds. The molecule has 0 aromatic rings. The summed E-state index contributed by atoms with van der Waals surface area (Å²) in [5.74, 6) is -4.33. The maximum atomic E-state index is 12.8. The second-order valence-corrected chi connectivity index (χ2v) is 8.75. The average Bonchev–Trinajstić information content (AvgIpc) is 2.90. The maximum Gasteiger partial charge on any atom is 0.161 e. The minimum absolute atomic E-state index is 0.0161. The van der Waals surface area contributed by atoms with Gasteiger partial charge in [-0.1, -0.05) is 13.8 Å². The van der Waals surface area contributed by atoms with E-state index in [4.69, 9.17) is 9.60 Å². The molecular weight excluding hydrogens is 300 g/mol. The SMILES string of the molecule is [2H]C([2H])(O)C(=O)[C@@]1([2H])CC[C@H]2[C@@H]3CC[C@H]4C([2H])([2H])C(=O)C([2H])([2H])C[C@]4(C)[C@H]3CC[C@@]21C. The lowest BCUT2D eigenvalue weighted by atomic mass is 9.44. The van der Waals surface area contributed by atoms with Crippen molar-refractivity contribution in [2.45, 2.75) is 71.5 Å². The molecule has 0 aromatic heterocycles. The van der Waals surface area contributed by atoms with E-state index in [1.807, 2.05) is 13.8 Å². The predicted octanol–water partition coefficient (Wildman–Crippen LogP) is 3.78. The number of ketones is 2. The lowest BCUT2D eigenvalue weighted by Gasteiger charge is -2.60. The molecule has 134 valence electrons. The fourth-order valence-electron chi connectivity index (χ4n) is 6.68. The Balaban J connectivity index is 1.71. The molecule has 0 saturated heterocycles. The van der Waals surface area contributed by atoms with E-state index in [1.54, 1.807) is 0 Å². The van der Waals surface area contributed by atoms with Crippen LogP contribution in [0.15, 0.2) is 0 Å². The second kappa shape index (κ2) is 5.65. The van der Waals surface area contributed by atoms with Crippen LogP contribution in [0.25, 0.3) is 0 Å². The van der Waals surface area contributed by atoms with Gasteiger partial charge in [0.2, 0.25) is 0 Å². The molecule has 0 spiro atoms. The van der Waals surface area contributed by atoms with Gasteiger partial charge in [-0.25, -0.2) is 0 Å². The molecule has 0 heterocycles. The van der Waals surface area contributed by atoms with Crippen molar-refractivity contribution in [3.05, 3.63) is 0 Å². The quantitative estimate of drug-likeness (QED) is 0.833. The van der Waals surface area contributed by atoms with Crippen molar-refractivity contribution in [2.75, 3.05) is 6.56 Å². The molecule has 0 aromatic carbocycles. The molecule has 24 heavy (non-hydrogen) atoms.